The van der Waals surface area contributed by atoms with Gasteiger partial charge >= 0.3 is 0 Å². The molecule has 1 aromatic rings. The summed E-state index contributed by atoms with van der Waals surface area (Å²) in [7, 11) is -3.39. The van der Waals surface area contributed by atoms with Crippen LogP contribution in [0, 0.1) is 0 Å². The molecule has 116 valence electrons. The van der Waals surface area contributed by atoms with Gasteiger partial charge < -0.3 is 5.32 Å². The van der Waals surface area contributed by atoms with E-state index >= 15 is 0 Å². The van der Waals surface area contributed by atoms with Crippen LogP contribution in [0.3, 0.4) is 0 Å². The fourth-order valence-electron chi connectivity index (χ4n) is 3.17. The van der Waals surface area contributed by atoms with E-state index in [1.54, 1.807) is 6.07 Å². The maximum Gasteiger partial charge on any atom is 0.240 e. The fraction of sp³-hybridized carbons (Fsp3) is 0.600. The van der Waals surface area contributed by atoms with E-state index in [-0.39, 0.29) is 6.04 Å². The molecule has 2 aliphatic rings. The molecular formula is C15H22N2O2S2. The van der Waals surface area contributed by atoms with Gasteiger partial charge in [-0.05, 0) is 55.2 Å². The van der Waals surface area contributed by atoms with Crippen LogP contribution in [0.4, 0.5) is 5.69 Å². The average Bonchev–Trinajstić information content (AvgIpc) is 3.07. The highest BCUT2D eigenvalue weighted by Gasteiger charge is 2.29. The second kappa shape index (κ2) is 6.18. The number of hydrogen-bond acceptors (Lipinski definition) is 4. The largest absolute Gasteiger partial charge is 0.384 e. The first kappa shape index (κ1) is 15.2. The first-order valence-corrected chi connectivity index (χ1v) is 10.1. The van der Waals surface area contributed by atoms with Gasteiger partial charge in [-0.1, -0.05) is 6.92 Å². The number of nitrogens with one attached hydrogen (secondary N) is 2. The van der Waals surface area contributed by atoms with E-state index in [0.717, 1.165) is 49.2 Å². The molecule has 2 N–H and O–H groups in total. The minimum atomic E-state index is -3.39. The third-order valence-corrected chi connectivity index (χ3v) is 6.96. The second-order valence-electron chi connectivity index (χ2n) is 5.70. The Morgan fingerprint density at radius 2 is 2.24 bits per heavy atom. The maximum absolute atomic E-state index is 12.5. The normalized spacial score (nSPS) is 24.8. The van der Waals surface area contributed by atoms with Crippen molar-refractivity contribution in [2.24, 2.45) is 0 Å². The van der Waals surface area contributed by atoms with Gasteiger partial charge in [-0.15, -0.1) is 0 Å². The molecule has 0 saturated heterocycles. The van der Waals surface area contributed by atoms with Crippen molar-refractivity contribution in [3.63, 3.8) is 0 Å². The Morgan fingerprint density at radius 3 is 3.05 bits per heavy atom. The van der Waals surface area contributed by atoms with E-state index in [0.29, 0.717) is 10.1 Å². The third-order valence-electron chi connectivity index (χ3n) is 4.21. The van der Waals surface area contributed by atoms with Crippen molar-refractivity contribution in [1.82, 2.24) is 4.72 Å². The van der Waals surface area contributed by atoms with E-state index in [1.165, 1.54) is 0 Å². The third kappa shape index (κ3) is 3.38. The smallest absolute Gasteiger partial charge is 0.240 e. The summed E-state index contributed by atoms with van der Waals surface area (Å²) in [6.45, 7) is 3.05. The van der Waals surface area contributed by atoms with Crippen LogP contribution in [0.5, 0.6) is 0 Å². The maximum atomic E-state index is 12.5. The standard InChI is InChI=1S/C15H22N2O2S2/c1-2-20-13-4-3-12(10-13)17-21(18,19)14-5-6-15-11(9-14)7-8-16-15/h5-6,9,12-13,16-17H,2-4,7-8,10H2,1H3. The van der Waals surface area contributed by atoms with E-state index in [2.05, 4.69) is 17.0 Å². The van der Waals surface area contributed by atoms with Crippen molar-refractivity contribution >= 4 is 27.5 Å². The summed E-state index contributed by atoms with van der Waals surface area (Å²) in [5, 5.41) is 3.86. The minimum absolute atomic E-state index is 0.0884. The van der Waals surface area contributed by atoms with Gasteiger partial charge in [-0.3, -0.25) is 0 Å². The topological polar surface area (TPSA) is 58.2 Å². The van der Waals surface area contributed by atoms with E-state index in [1.807, 2.05) is 23.9 Å². The SMILES string of the molecule is CCSC1CCC(NS(=O)(=O)c2ccc3c(c2)CCN3)C1. The first-order valence-electron chi connectivity index (χ1n) is 7.59. The van der Waals surface area contributed by atoms with Gasteiger partial charge in [0.15, 0.2) is 0 Å². The van der Waals surface area contributed by atoms with E-state index in [9.17, 15) is 8.42 Å². The van der Waals surface area contributed by atoms with E-state index < -0.39 is 10.0 Å². The molecule has 0 bridgehead atoms. The lowest BCUT2D eigenvalue weighted by molar-refractivity contribution is 0.552. The number of hydrogen-bond donors (Lipinski definition) is 2. The zero-order valence-electron chi connectivity index (χ0n) is 12.3. The summed E-state index contributed by atoms with van der Waals surface area (Å²) in [4.78, 5) is 0.400. The van der Waals surface area contributed by atoms with Gasteiger partial charge in [0, 0.05) is 23.5 Å². The molecule has 1 fully saturated rings. The van der Waals surface area contributed by atoms with Gasteiger partial charge in [-0.2, -0.15) is 11.8 Å². The van der Waals surface area contributed by atoms with Gasteiger partial charge in [-0.25, -0.2) is 13.1 Å². The van der Waals surface area contributed by atoms with Crippen LogP contribution in [0.1, 0.15) is 31.7 Å². The molecule has 6 heteroatoms. The molecule has 0 amide bonds. The Kier molecular flexibility index (Phi) is 4.47. The molecule has 4 nitrogen and oxygen atoms in total. The van der Waals surface area contributed by atoms with Gasteiger partial charge in [0.2, 0.25) is 10.0 Å². The average molecular weight is 326 g/mol. The lowest BCUT2D eigenvalue weighted by atomic mass is 10.2. The summed E-state index contributed by atoms with van der Waals surface area (Å²) >= 11 is 1.94. The Balaban J connectivity index is 1.70. The van der Waals surface area contributed by atoms with Gasteiger partial charge in [0.1, 0.15) is 0 Å². The number of fused-ring (bicyclic) bond motifs is 1. The summed E-state index contributed by atoms with van der Waals surface area (Å²) in [6, 6.07) is 5.48. The van der Waals surface area contributed by atoms with Crippen LogP contribution in [-0.2, 0) is 16.4 Å². The predicted octanol–water partition coefficient (Wildman–Crippen LogP) is 2.61. The molecule has 1 aliphatic heterocycles. The van der Waals surface area contributed by atoms with Crippen LogP contribution in [0.15, 0.2) is 23.1 Å². The van der Waals surface area contributed by atoms with Crippen LogP contribution < -0.4 is 10.0 Å². The highest BCUT2D eigenvalue weighted by molar-refractivity contribution is 7.99. The van der Waals surface area contributed by atoms with Crippen LogP contribution >= 0.6 is 11.8 Å². The van der Waals surface area contributed by atoms with Crippen LogP contribution in [-0.4, -0.2) is 32.0 Å². The van der Waals surface area contributed by atoms with Gasteiger partial charge in [0.05, 0.1) is 4.90 Å². The lowest BCUT2D eigenvalue weighted by Gasteiger charge is -2.14. The molecule has 2 atom stereocenters. The highest BCUT2D eigenvalue weighted by Crippen LogP contribution is 2.31. The summed E-state index contributed by atoms with van der Waals surface area (Å²) in [6.07, 6.45) is 3.91. The molecule has 0 spiro atoms. The Bertz CT molecular complexity index is 616. The summed E-state index contributed by atoms with van der Waals surface area (Å²) < 4.78 is 27.9. The second-order valence-corrected chi connectivity index (χ2v) is 9.00. The van der Waals surface area contributed by atoms with Crippen LogP contribution in [0.2, 0.25) is 0 Å². The molecule has 2 unspecified atom stereocenters. The van der Waals surface area contributed by atoms with Crippen molar-refractivity contribution in [1.29, 1.82) is 0 Å². The molecule has 1 aliphatic carbocycles. The van der Waals surface area contributed by atoms with Crippen molar-refractivity contribution in [3.05, 3.63) is 23.8 Å². The number of anilines is 1. The van der Waals surface area contributed by atoms with E-state index in [4.69, 9.17) is 0 Å². The monoisotopic (exact) mass is 326 g/mol. The van der Waals surface area contributed by atoms with Crippen molar-refractivity contribution in [2.45, 2.75) is 48.8 Å². The first-order chi connectivity index (χ1) is 10.1. The fourth-order valence-corrected chi connectivity index (χ4v) is 5.65. The van der Waals surface area contributed by atoms with Crippen LogP contribution in [0.25, 0.3) is 0 Å². The predicted molar refractivity (Wildman–Crippen MR) is 88.5 cm³/mol. The molecule has 1 heterocycles. The minimum Gasteiger partial charge on any atom is -0.384 e. The zero-order chi connectivity index (χ0) is 14.9. The Morgan fingerprint density at radius 1 is 1.38 bits per heavy atom. The van der Waals surface area contributed by atoms with Crippen molar-refractivity contribution in [3.8, 4) is 0 Å². The number of thioether (sulfide) groups is 1. The van der Waals surface area contributed by atoms with Gasteiger partial charge in [0.25, 0.3) is 0 Å². The summed E-state index contributed by atoms with van der Waals surface area (Å²) in [5.41, 5.74) is 2.16. The molecule has 1 saturated carbocycles. The molecule has 1 aromatic carbocycles. The number of benzene rings is 1. The number of sulfonamides is 1. The highest BCUT2D eigenvalue weighted by atomic mass is 32.2. The molecule has 0 radical (unpaired) electrons. The van der Waals surface area contributed by atoms with Crippen molar-refractivity contribution in [2.75, 3.05) is 17.6 Å². The lowest BCUT2D eigenvalue weighted by Crippen LogP contribution is -2.33. The quantitative estimate of drug-likeness (QED) is 0.873. The Labute approximate surface area is 131 Å². The molecule has 21 heavy (non-hydrogen) atoms. The Hall–Kier alpha value is -0.720. The summed E-state index contributed by atoms with van der Waals surface area (Å²) in [5.74, 6) is 1.10. The van der Waals surface area contributed by atoms with Crippen molar-refractivity contribution < 1.29 is 8.42 Å². The zero-order valence-corrected chi connectivity index (χ0v) is 13.9. The molecule has 3 rings (SSSR count). The molecular weight excluding hydrogens is 304 g/mol. The molecule has 0 aromatic heterocycles. The number of rotatable bonds is 5.